The predicted molar refractivity (Wildman–Crippen MR) is 119 cm³/mol. The fraction of sp³-hybridized carbons (Fsp3) is 0.261. The molecule has 1 aromatic heterocycles. The number of rotatable bonds is 6. The van der Waals surface area contributed by atoms with Gasteiger partial charge >= 0.3 is 6.03 Å². The second kappa shape index (κ2) is 9.09. The van der Waals surface area contributed by atoms with Gasteiger partial charge in [0.1, 0.15) is 10.5 Å². The molecule has 1 aliphatic rings. The molecule has 6 nitrogen and oxygen atoms in total. The van der Waals surface area contributed by atoms with E-state index in [-0.39, 0.29) is 11.9 Å². The summed E-state index contributed by atoms with van der Waals surface area (Å²) in [4.78, 5) is 30.0. The molecule has 1 fully saturated rings. The number of hydrogen-bond donors (Lipinski definition) is 3. The molecule has 4 rings (SSSR count). The lowest BCUT2D eigenvalue weighted by atomic mass is 9.96. The van der Waals surface area contributed by atoms with Crippen molar-refractivity contribution in [2.75, 3.05) is 5.32 Å². The highest BCUT2D eigenvalue weighted by molar-refractivity contribution is 7.13. The van der Waals surface area contributed by atoms with Crippen LogP contribution in [0.15, 0.2) is 66.2 Å². The van der Waals surface area contributed by atoms with Crippen LogP contribution in [-0.4, -0.2) is 22.5 Å². The van der Waals surface area contributed by atoms with Crippen LogP contribution in [0.3, 0.4) is 0 Å². The number of hydrogen-bond acceptors (Lipinski definition) is 4. The highest BCUT2D eigenvalue weighted by Crippen LogP contribution is 2.32. The van der Waals surface area contributed by atoms with Crippen molar-refractivity contribution < 1.29 is 9.59 Å². The number of urea groups is 1. The van der Waals surface area contributed by atoms with Gasteiger partial charge < -0.3 is 16.0 Å². The van der Waals surface area contributed by atoms with Crippen LogP contribution in [0.2, 0.25) is 0 Å². The summed E-state index contributed by atoms with van der Waals surface area (Å²) in [5, 5.41) is 11.6. The highest BCUT2D eigenvalue weighted by Gasteiger charge is 2.42. The first-order chi connectivity index (χ1) is 14.6. The average Bonchev–Trinajstić information content (AvgIpc) is 3.46. The van der Waals surface area contributed by atoms with Crippen LogP contribution < -0.4 is 16.0 Å². The van der Waals surface area contributed by atoms with E-state index in [1.165, 1.54) is 0 Å². The fourth-order valence-electron chi connectivity index (χ4n) is 3.77. The third-order valence-corrected chi connectivity index (χ3v) is 6.16. The van der Waals surface area contributed by atoms with E-state index in [2.05, 4.69) is 20.9 Å². The molecule has 3 N–H and O–H groups in total. The van der Waals surface area contributed by atoms with Gasteiger partial charge in [0, 0.05) is 29.4 Å². The van der Waals surface area contributed by atoms with E-state index in [9.17, 15) is 9.59 Å². The van der Waals surface area contributed by atoms with Crippen molar-refractivity contribution in [1.82, 2.24) is 15.6 Å². The molecule has 1 saturated carbocycles. The van der Waals surface area contributed by atoms with E-state index in [1.54, 1.807) is 17.5 Å². The van der Waals surface area contributed by atoms with Crippen molar-refractivity contribution in [3.05, 3.63) is 71.7 Å². The normalized spacial score (nSPS) is 14.8. The Bertz CT molecular complexity index is 999. The van der Waals surface area contributed by atoms with Crippen LogP contribution in [-0.2, 0) is 11.3 Å². The van der Waals surface area contributed by atoms with Gasteiger partial charge in [-0.15, -0.1) is 11.3 Å². The number of aromatic nitrogens is 1. The molecule has 2 aromatic carbocycles. The fourth-order valence-corrected chi connectivity index (χ4v) is 4.41. The molecule has 0 bridgehead atoms. The maximum atomic E-state index is 13.2. The summed E-state index contributed by atoms with van der Waals surface area (Å²) < 4.78 is 0. The molecule has 0 spiro atoms. The summed E-state index contributed by atoms with van der Waals surface area (Å²) in [6.45, 7) is 0.417. The second-order valence-corrected chi connectivity index (χ2v) is 8.35. The lowest BCUT2D eigenvalue weighted by Gasteiger charge is -2.29. The summed E-state index contributed by atoms with van der Waals surface area (Å²) in [7, 11) is 0. The van der Waals surface area contributed by atoms with E-state index in [0.717, 1.165) is 29.0 Å². The Labute approximate surface area is 179 Å². The number of carbonyl (C=O) groups is 2. The van der Waals surface area contributed by atoms with Crippen molar-refractivity contribution in [3.63, 3.8) is 0 Å². The third kappa shape index (κ3) is 4.68. The summed E-state index contributed by atoms with van der Waals surface area (Å²) in [5.74, 6) is -0.175. The Hall–Kier alpha value is -3.19. The summed E-state index contributed by atoms with van der Waals surface area (Å²) in [6.07, 6.45) is 4.83. The topological polar surface area (TPSA) is 83.1 Å². The standard InChI is InChI=1S/C23H24N4O2S/c28-21(26-19-10-6-9-18(15-19)20-24-13-14-30-20)23(11-4-5-12-23)27-22(29)25-16-17-7-2-1-3-8-17/h1-3,6-10,13-15H,4-5,11-12,16H2,(H,26,28)(H2,25,27,29). The first-order valence-electron chi connectivity index (χ1n) is 10.1. The van der Waals surface area contributed by atoms with Gasteiger partial charge in [0.15, 0.2) is 0 Å². The molecular weight excluding hydrogens is 396 g/mol. The molecule has 0 saturated heterocycles. The Kier molecular flexibility index (Phi) is 6.09. The van der Waals surface area contributed by atoms with Crippen LogP contribution in [0.1, 0.15) is 31.2 Å². The van der Waals surface area contributed by atoms with Gasteiger partial charge in [0.05, 0.1) is 0 Å². The minimum Gasteiger partial charge on any atom is -0.334 e. The molecule has 7 heteroatoms. The summed E-state index contributed by atoms with van der Waals surface area (Å²) in [6, 6.07) is 17.0. The van der Waals surface area contributed by atoms with Crippen molar-refractivity contribution in [1.29, 1.82) is 0 Å². The number of nitrogens with zero attached hydrogens (tertiary/aromatic N) is 1. The van der Waals surface area contributed by atoms with E-state index >= 15 is 0 Å². The molecule has 0 aliphatic heterocycles. The Morgan fingerprint density at radius 1 is 1.03 bits per heavy atom. The summed E-state index contributed by atoms with van der Waals surface area (Å²) in [5.41, 5.74) is 1.77. The number of benzene rings is 2. The van der Waals surface area contributed by atoms with Crippen molar-refractivity contribution in [3.8, 4) is 10.6 Å². The smallest absolute Gasteiger partial charge is 0.315 e. The van der Waals surface area contributed by atoms with Gasteiger partial charge in [-0.3, -0.25) is 4.79 Å². The predicted octanol–water partition coefficient (Wildman–Crippen LogP) is 4.56. The largest absolute Gasteiger partial charge is 0.334 e. The van der Waals surface area contributed by atoms with E-state index < -0.39 is 5.54 Å². The quantitative estimate of drug-likeness (QED) is 0.547. The molecule has 1 aliphatic carbocycles. The van der Waals surface area contributed by atoms with Crippen LogP contribution >= 0.6 is 11.3 Å². The van der Waals surface area contributed by atoms with Gasteiger partial charge in [-0.05, 0) is 30.5 Å². The lowest BCUT2D eigenvalue weighted by molar-refractivity contribution is -0.121. The lowest BCUT2D eigenvalue weighted by Crippen LogP contribution is -2.57. The number of nitrogens with one attached hydrogen (secondary N) is 3. The maximum Gasteiger partial charge on any atom is 0.315 e. The zero-order valence-electron chi connectivity index (χ0n) is 16.6. The minimum absolute atomic E-state index is 0.175. The number of carbonyl (C=O) groups excluding carboxylic acids is 2. The van der Waals surface area contributed by atoms with Gasteiger partial charge in [-0.1, -0.05) is 55.3 Å². The van der Waals surface area contributed by atoms with Crippen molar-refractivity contribution in [2.45, 2.75) is 37.8 Å². The zero-order chi connectivity index (χ0) is 20.8. The van der Waals surface area contributed by atoms with E-state index in [4.69, 9.17) is 0 Å². The van der Waals surface area contributed by atoms with Crippen molar-refractivity contribution >= 4 is 29.0 Å². The molecule has 0 radical (unpaired) electrons. The molecular formula is C23H24N4O2S. The Balaban J connectivity index is 1.42. The number of thiazole rings is 1. The SMILES string of the molecule is O=C(NCc1ccccc1)NC1(C(=O)Nc2cccc(-c3nccs3)c2)CCCC1. The molecule has 154 valence electrons. The molecule has 30 heavy (non-hydrogen) atoms. The van der Waals surface area contributed by atoms with Crippen molar-refractivity contribution in [2.24, 2.45) is 0 Å². The number of amides is 3. The molecule has 1 heterocycles. The molecule has 3 aromatic rings. The van der Waals surface area contributed by atoms with Crippen LogP contribution in [0.25, 0.3) is 10.6 Å². The zero-order valence-corrected chi connectivity index (χ0v) is 17.4. The van der Waals surface area contributed by atoms with Gasteiger partial charge in [-0.25, -0.2) is 9.78 Å². The van der Waals surface area contributed by atoms with Gasteiger partial charge in [0.2, 0.25) is 5.91 Å². The van der Waals surface area contributed by atoms with Crippen LogP contribution in [0, 0.1) is 0 Å². The Morgan fingerprint density at radius 2 is 1.83 bits per heavy atom. The van der Waals surface area contributed by atoms with E-state index in [1.807, 2.05) is 60.0 Å². The first kappa shape index (κ1) is 20.1. The third-order valence-electron chi connectivity index (χ3n) is 5.34. The molecule has 0 atom stereocenters. The van der Waals surface area contributed by atoms with Gasteiger partial charge in [0.25, 0.3) is 0 Å². The Morgan fingerprint density at radius 3 is 2.57 bits per heavy atom. The van der Waals surface area contributed by atoms with E-state index in [0.29, 0.717) is 25.1 Å². The summed E-state index contributed by atoms with van der Waals surface area (Å²) >= 11 is 1.55. The number of anilines is 1. The van der Waals surface area contributed by atoms with Crippen LogP contribution in [0.5, 0.6) is 0 Å². The van der Waals surface area contributed by atoms with Crippen LogP contribution in [0.4, 0.5) is 10.5 Å². The maximum absolute atomic E-state index is 13.2. The average molecular weight is 421 g/mol. The minimum atomic E-state index is -0.891. The van der Waals surface area contributed by atoms with Gasteiger partial charge in [-0.2, -0.15) is 0 Å². The second-order valence-electron chi connectivity index (χ2n) is 7.45. The monoisotopic (exact) mass is 420 g/mol. The highest BCUT2D eigenvalue weighted by atomic mass is 32.1. The first-order valence-corrected chi connectivity index (χ1v) is 10.9. The molecule has 3 amide bonds. The molecule has 0 unspecified atom stereocenters.